The lowest BCUT2D eigenvalue weighted by atomic mass is 10.2. The van der Waals surface area contributed by atoms with Crippen LogP contribution < -0.4 is 0 Å². The second-order valence-electron chi connectivity index (χ2n) is 3.58. The van der Waals surface area contributed by atoms with Crippen molar-refractivity contribution in [2.24, 2.45) is 0 Å². The summed E-state index contributed by atoms with van der Waals surface area (Å²) in [4.78, 5) is 0. The largest absolute Gasteiger partial charge is 0.458 e. The van der Waals surface area contributed by atoms with Gasteiger partial charge >= 0.3 is 30.3 Å². The number of halogens is 14. The van der Waals surface area contributed by atoms with Gasteiger partial charge in [0.05, 0.1) is 0 Å². The molecular weight excluding hydrogens is 366 g/mol. The first kappa shape index (κ1) is 21.0. The summed E-state index contributed by atoms with van der Waals surface area (Å²) in [6.45, 7) is 0. The fourth-order valence-electron chi connectivity index (χ4n) is 0.830. The van der Waals surface area contributed by atoms with Gasteiger partial charge in [-0.05, 0) is 0 Å². The van der Waals surface area contributed by atoms with E-state index in [1.165, 1.54) is 0 Å². The molecule has 0 N–H and O–H groups in total. The van der Waals surface area contributed by atoms with E-state index in [4.69, 9.17) is 0 Å². The van der Waals surface area contributed by atoms with Crippen molar-refractivity contribution < 1.29 is 66.2 Å². The van der Waals surface area contributed by atoms with Crippen LogP contribution in [0.25, 0.3) is 0 Å². The molecule has 0 saturated carbocycles. The summed E-state index contributed by atoms with van der Waals surface area (Å²) < 4.78 is 170. The molecule has 0 aliphatic carbocycles. The Labute approximate surface area is 110 Å². The highest BCUT2D eigenvalue weighted by Crippen LogP contribution is 2.49. The Bertz CT molecular complexity index is 362. The zero-order valence-corrected chi connectivity index (χ0v) is 9.35. The van der Waals surface area contributed by atoms with E-state index in [2.05, 4.69) is 0 Å². The Morgan fingerprint density at radius 2 is 0.864 bits per heavy atom. The van der Waals surface area contributed by atoms with Crippen molar-refractivity contribution in [2.45, 2.75) is 42.8 Å². The van der Waals surface area contributed by atoms with Gasteiger partial charge < -0.3 is 0 Å². The minimum absolute atomic E-state index is 1.87. The summed E-state index contributed by atoms with van der Waals surface area (Å²) in [6.07, 6.45) is -31.8. The lowest BCUT2D eigenvalue weighted by molar-refractivity contribution is -0.455. The van der Waals surface area contributed by atoms with Gasteiger partial charge in [-0.15, -0.1) is 0 Å². The first-order valence-electron chi connectivity index (χ1n) is 4.52. The molecular formula is C7H2F14O. The lowest BCUT2D eigenvalue weighted by Gasteiger charge is -2.33. The van der Waals surface area contributed by atoms with Crippen molar-refractivity contribution in [1.82, 2.24) is 0 Å². The average Bonchev–Trinajstić information content (AvgIpc) is 2.22. The predicted octanol–water partition coefficient (Wildman–Crippen LogP) is 4.62. The van der Waals surface area contributed by atoms with Crippen molar-refractivity contribution in [2.75, 3.05) is 0 Å². The molecule has 15 heteroatoms. The summed E-state index contributed by atoms with van der Waals surface area (Å²) in [6, 6.07) is 0. The van der Waals surface area contributed by atoms with Gasteiger partial charge in [-0.2, -0.15) is 52.7 Å². The number of hydrogen-bond acceptors (Lipinski definition) is 1. The Balaban J connectivity index is 5.53. The average molecular weight is 368 g/mol. The van der Waals surface area contributed by atoms with Crippen molar-refractivity contribution in [3.05, 3.63) is 0 Å². The van der Waals surface area contributed by atoms with E-state index >= 15 is 0 Å². The van der Waals surface area contributed by atoms with E-state index in [0.29, 0.717) is 0 Å². The Morgan fingerprint density at radius 3 is 1.09 bits per heavy atom. The number of rotatable bonds is 4. The standard InChI is InChI=1S/C7H2F14O/c8-1(3(10,11)5(13,14)15)2(9)22-4(12,6(16,17)18)7(19,20)21/h1-2H. The highest BCUT2D eigenvalue weighted by atomic mass is 19.4. The van der Waals surface area contributed by atoms with Gasteiger partial charge in [-0.3, -0.25) is 4.74 Å². The third-order valence-corrected chi connectivity index (χ3v) is 1.96. The zero-order chi connectivity index (χ0) is 18.4. The molecule has 134 valence electrons. The van der Waals surface area contributed by atoms with E-state index in [9.17, 15) is 61.5 Å². The Kier molecular flexibility index (Phi) is 5.30. The molecule has 0 bridgehead atoms. The van der Waals surface area contributed by atoms with Crippen LogP contribution in [-0.4, -0.2) is 42.8 Å². The molecule has 0 rings (SSSR count). The van der Waals surface area contributed by atoms with Crippen LogP contribution in [0.3, 0.4) is 0 Å². The molecule has 22 heavy (non-hydrogen) atoms. The maximum atomic E-state index is 12.7. The Hall–Kier alpha value is -1.02. The van der Waals surface area contributed by atoms with Crippen LogP contribution >= 0.6 is 0 Å². The molecule has 0 spiro atoms. The second kappa shape index (κ2) is 5.56. The van der Waals surface area contributed by atoms with E-state index in [-0.39, 0.29) is 0 Å². The van der Waals surface area contributed by atoms with Gasteiger partial charge in [-0.25, -0.2) is 8.78 Å². The molecule has 1 nitrogen and oxygen atoms in total. The van der Waals surface area contributed by atoms with E-state index in [0.717, 1.165) is 0 Å². The zero-order valence-electron chi connectivity index (χ0n) is 9.35. The van der Waals surface area contributed by atoms with Crippen molar-refractivity contribution >= 4 is 0 Å². The molecule has 0 heterocycles. The SMILES string of the molecule is FC(OC(F)(C(F)(F)F)C(F)(F)F)C(F)C(F)(F)C(F)(F)F. The van der Waals surface area contributed by atoms with E-state index in [1.54, 1.807) is 0 Å². The summed E-state index contributed by atoms with van der Waals surface area (Å²) in [5.41, 5.74) is 0. The molecule has 0 aliphatic rings. The Morgan fingerprint density at radius 1 is 0.545 bits per heavy atom. The van der Waals surface area contributed by atoms with Crippen LogP contribution in [0.15, 0.2) is 0 Å². The highest BCUT2D eigenvalue weighted by molar-refractivity contribution is 4.91. The topological polar surface area (TPSA) is 9.23 Å². The third kappa shape index (κ3) is 3.65. The highest BCUT2D eigenvalue weighted by Gasteiger charge is 2.77. The monoisotopic (exact) mass is 368 g/mol. The van der Waals surface area contributed by atoms with Crippen molar-refractivity contribution in [1.29, 1.82) is 0 Å². The van der Waals surface area contributed by atoms with Crippen LogP contribution in [-0.2, 0) is 4.74 Å². The fourth-order valence-corrected chi connectivity index (χ4v) is 0.830. The minimum Gasteiger partial charge on any atom is -0.294 e. The van der Waals surface area contributed by atoms with Gasteiger partial charge in [0.1, 0.15) is 0 Å². The second-order valence-corrected chi connectivity index (χ2v) is 3.58. The predicted molar refractivity (Wildman–Crippen MR) is 37.8 cm³/mol. The van der Waals surface area contributed by atoms with E-state index in [1.807, 2.05) is 4.74 Å². The van der Waals surface area contributed by atoms with Crippen LogP contribution in [0.2, 0.25) is 0 Å². The van der Waals surface area contributed by atoms with Crippen molar-refractivity contribution in [3.63, 3.8) is 0 Å². The molecule has 0 fully saturated rings. The molecule has 0 aliphatic heterocycles. The molecule has 0 aromatic rings. The first-order chi connectivity index (χ1) is 9.29. The third-order valence-electron chi connectivity index (χ3n) is 1.96. The summed E-state index contributed by atoms with van der Waals surface area (Å²) in [5.74, 6) is -13.7. The van der Waals surface area contributed by atoms with Gasteiger partial charge in [-0.1, -0.05) is 0 Å². The molecule has 0 amide bonds. The van der Waals surface area contributed by atoms with Crippen LogP contribution in [0.4, 0.5) is 61.5 Å². The minimum atomic E-state index is -7.14. The first-order valence-corrected chi connectivity index (χ1v) is 4.52. The van der Waals surface area contributed by atoms with Crippen LogP contribution in [0.5, 0.6) is 0 Å². The molecule has 2 atom stereocenters. The smallest absolute Gasteiger partial charge is 0.294 e. The number of alkyl halides is 14. The summed E-state index contributed by atoms with van der Waals surface area (Å²) in [7, 11) is 0. The maximum absolute atomic E-state index is 12.7. The molecule has 0 aromatic carbocycles. The molecule has 0 aromatic heterocycles. The fraction of sp³-hybridized carbons (Fsp3) is 1.00. The molecule has 0 radical (unpaired) electrons. The van der Waals surface area contributed by atoms with Crippen molar-refractivity contribution in [3.8, 4) is 0 Å². The molecule has 0 saturated heterocycles. The summed E-state index contributed by atoms with van der Waals surface area (Å²) in [5, 5.41) is 0. The lowest BCUT2D eigenvalue weighted by Crippen LogP contribution is -2.59. The van der Waals surface area contributed by atoms with Crippen LogP contribution in [0, 0.1) is 0 Å². The quantitative estimate of drug-likeness (QED) is 0.658. The summed E-state index contributed by atoms with van der Waals surface area (Å²) >= 11 is 0. The van der Waals surface area contributed by atoms with E-state index < -0.39 is 42.8 Å². The van der Waals surface area contributed by atoms with Gasteiger partial charge in [0.25, 0.3) is 0 Å². The number of hydrogen-bond donors (Lipinski definition) is 0. The van der Waals surface area contributed by atoms with Crippen LogP contribution in [0.1, 0.15) is 0 Å². The van der Waals surface area contributed by atoms with Gasteiger partial charge in [0.2, 0.25) is 12.5 Å². The van der Waals surface area contributed by atoms with Gasteiger partial charge in [0, 0.05) is 0 Å². The normalized spacial score (nSPS) is 18.3. The maximum Gasteiger partial charge on any atom is 0.458 e. The molecule has 2 unspecified atom stereocenters. The van der Waals surface area contributed by atoms with Gasteiger partial charge in [0.15, 0.2) is 0 Å². The number of ether oxygens (including phenoxy) is 1.